The normalized spacial score (nSPS) is 14.3. The van der Waals surface area contributed by atoms with Gasteiger partial charge in [0.05, 0.1) is 7.11 Å². The standard InChI is InChI=1S/C15H25NO2/c1-5-11-9-13(7-8-14(11)18-4)15(16-3)12(6-2)10-17/h7-9,12,15-17H,5-6,10H2,1-4H3. The van der Waals surface area contributed by atoms with Gasteiger partial charge in [-0.15, -0.1) is 0 Å². The van der Waals surface area contributed by atoms with Gasteiger partial charge in [-0.25, -0.2) is 0 Å². The molecule has 102 valence electrons. The van der Waals surface area contributed by atoms with Gasteiger partial charge in [0.1, 0.15) is 5.75 Å². The Morgan fingerprint density at radius 1 is 1.33 bits per heavy atom. The third kappa shape index (κ3) is 3.24. The van der Waals surface area contributed by atoms with Crippen LogP contribution in [0.15, 0.2) is 18.2 Å². The van der Waals surface area contributed by atoms with Crippen LogP contribution in [0.5, 0.6) is 5.75 Å². The van der Waals surface area contributed by atoms with Crippen molar-refractivity contribution in [3.05, 3.63) is 29.3 Å². The number of nitrogens with one attached hydrogen (secondary N) is 1. The van der Waals surface area contributed by atoms with Crippen LogP contribution in [-0.2, 0) is 6.42 Å². The summed E-state index contributed by atoms with van der Waals surface area (Å²) < 4.78 is 5.35. The summed E-state index contributed by atoms with van der Waals surface area (Å²) in [6.45, 7) is 4.43. The Kier molecular flexibility index (Phi) is 6.16. The summed E-state index contributed by atoms with van der Waals surface area (Å²) in [6.07, 6.45) is 1.90. The highest BCUT2D eigenvalue weighted by Crippen LogP contribution is 2.28. The van der Waals surface area contributed by atoms with E-state index < -0.39 is 0 Å². The molecule has 0 aromatic heterocycles. The van der Waals surface area contributed by atoms with E-state index >= 15 is 0 Å². The molecule has 0 bridgehead atoms. The zero-order valence-electron chi connectivity index (χ0n) is 11.9. The molecule has 0 aliphatic carbocycles. The first-order chi connectivity index (χ1) is 8.71. The Balaban J connectivity index is 3.06. The minimum Gasteiger partial charge on any atom is -0.496 e. The monoisotopic (exact) mass is 251 g/mol. The van der Waals surface area contributed by atoms with Crippen LogP contribution >= 0.6 is 0 Å². The number of ether oxygens (including phenoxy) is 1. The van der Waals surface area contributed by atoms with Gasteiger partial charge < -0.3 is 15.2 Å². The third-order valence-electron chi connectivity index (χ3n) is 3.59. The highest BCUT2D eigenvalue weighted by Gasteiger charge is 2.20. The molecule has 0 radical (unpaired) electrons. The van der Waals surface area contributed by atoms with Crippen LogP contribution in [0, 0.1) is 5.92 Å². The quantitative estimate of drug-likeness (QED) is 0.782. The fraction of sp³-hybridized carbons (Fsp3) is 0.600. The number of aliphatic hydroxyl groups is 1. The van der Waals surface area contributed by atoms with Crippen LogP contribution in [-0.4, -0.2) is 25.9 Å². The lowest BCUT2D eigenvalue weighted by Gasteiger charge is -2.25. The van der Waals surface area contributed by atoms with Crippen LogP contribution in [0.2, 0.25) is 0 Å². The maximum Gasteiger partial charge on any atom is 0.122 e. The van der Waals surface area contributed by atoms with Gasteiger partial charge in [0.2, 0.25) is 0 Å². The zero-order valence-corrected chi connectivity index (χ0v) is 11.9. The molecule has 1 rings (SSSR count). The minimum atomic E-state index is 0.191. The summed E-state index contributed by atoms with van der Waals surface area (Å²) in [4.78, 5) is 0. The lowest BCUT2D eigenvalue weighted by molar-refractivity contribution is 0.189. The van der Waals surface area contributed by atoms with Crippen LogP contribution in [0.25, 0.3) is 0 Å². The predicted molar refractivity (Wildman–Crippen MR) is 75.0 cm³/mol. The molecule has 0 spiro atoms. The number of benzene rings is 1. The molecule has 0 aliphatic heterocycles. The number of aliphatic hydroxyl groups excluding tert-OH is 1. The Labute approximate surface area is 110 Å². The van der Waals surface area contributed by atoms with E-state index in [9.17, 15) is 5.11 Å². The van der Waals surface area contributed by atoms with E-state index in [1.807, 2.05) is 13.1 Å². The molecule has 0 fully saturated rings. The van der Waals surface area contributed by atoms with Gasteiger partial charge in [0, 0.05) is 18.6 Å². The minimum absolute atomic E-state index is 0.191. The maximum atomic E-state index is 9.45. The Morgan fingerprint density at radius 2 is 2.06 bits per heavy atom. The second-order valence-corrected chi connectivity index (χ2v) is 4.54. The van der Waals surface area contributed by atoms with Crippen LogP contribution in [0.4, 0.5) is 0 Å². The number of hydrogen-bond acceptors (Lipinski definition) is 3. The van der Waals surface area contributed by atoms with E-state index in [0.29, 0.717) is 0 Å². The maximum absolute atomic E-state index is 9.45. The van der Waals surface area contributed by atoms with Crippen molar-refractivity contribution in [2.24, 2.45) is 5.92 Å². The first-order valence-corrected chi connectivity index (χ1v) is 6.66. The molecule has 2 N–H and O–H groups in total. The van der Waals surface area contributed by atoms with E-state index in [-0.39, 0.29) is 18.6 Å². The van der Waals surface area contributed by atoms with E-state index in [1.165, 1.54) is 11.1 Å². The van der Waals surface area contributed by atoms with Crippen molar-refractivity contribution >= 4 is 0 Å². The summed E-state index contributed by atoms with van der Waals surface area (Å²) in [5, 5.41) is 12.8. The molecule has 1 aromatic carbocycles. The SMILES string of the molecule is CCc1cc(C(NC)C(CC)CO)ccc1OC. The molecular weight excluding hydrogens is 226 g/mol. The zero-order chi connectivity index (χ0) is 13.5. The van der Waals surface area contributed by atoms with E-state index in [2.05, 4.69) is 31.3 Å². The van der Waals surface area contributed by atoms with Crippen molar-refractivity contribution in [2.45, 2.75) is 32.7 Å². The molecule has 1 aromatic rings. The van der Waals surface area contributed by atoms with Gasteiger partial charge in [0.25, 0.3) is 0 Å². The second-order valence-electron chi connectivity index (χ2n) is 4.54. The third-order valence-corrected chi connectivity index (χ3v) is 3.59. The summed E-state index contributed by atoms with van der Waals surface area (Å²) in [7, 11) is 3.64. The van der Waals surface area contributed by atoms with Gasteiger partial charge >= 0.3 is 0 Å². The highest BCUT2D eigenvalue weighted by molar-refractivity contribution is 5.38. The predicted octanol–water partition coefficient (Wildman–Crippen LogP) is 2.54. The summed E-state index contributed by atoms with van der Waals surface area (Å²) >= 11 is 0. The summed E-state index contributed by atoms with van der Waals surface area (Å²) in [5.41, 5.74) is 2.43. The van der Waals surface area contributed by atoms with E-state index in [1.54, 1.807) is 7.11 Å². The molecule has 2 atom stereocenters. The average molecular weight is 251 g/mol. The second kappa shape index (κ2) is 7.39. The van der Waals surface area contributed by atoms with E-state index in [4.69, 9.17) is 4.74 Å². The smallest absolute Gasteiger partial charge is 0.122 e. The van der Waals surface area contributed by atoms with Crippen molar-refractivity contribution in [1.82, 2.24) is 5.32 Å². The van der Waals surface area contributed by atoms with Gasteiger partial charge in [-0.1, -0.05) is 26.0 Å². The number of aryl methyl sites for hydroxylation is 1. The topological polar surface area (TPSA) is 41.5 Å². The molecule has 2 unspecified atom stereocenters. The van der Waals surface area contributed by atoms with Crippen LogP contribution < -0.4 is 10.1 Å². The molecule has 3 nitrogen and oxygen atoms in total. The summed E-state index contributed by atoms with van der Waals surface area (Å²) in [6, 6.07) is 6.47. The van der Waals surface area contributed by atoms with Crippen LogP contribution in [0.1, 0.15) is 37.4 Å². The number of hydrogen-bond donors (Lipinski definition) is 2. The van der Waals surface area contributed by atoms with Gasteiger partial charge in [0.15, 0.2) is 0 Å². The summed E-state index contributed by atoms with van der Waals surface area (Å²) in [5.74, 6) is 1.18. The molecule has 0 saturated carbocycles. The first kappa shape index (κ1) is 15.0. The largest absolute Gasteiger partial charge is 0.496 e. The van der Waals surface area contributed by atoms with Crippen molar-refractivity contribution in [2.75, 3.05) is 20.8 Å². The number of rotatable bonds is 7. The lowest BCUT2D eigenvalue weighted by Crippen LogP contribution is -2.27. The molecular formula is C15H25NO2. The Hall–Kier alpha value is -1.06. The Morgan fingerprint density at radius 3 is 2.50 bits per heavy atom. The van der Waals surface area contributed by atoms with Crippen molar-refractivity contribution < 1.29 is 9.84 Å². The fourth-order valence-corrected chi connectivity index (χ4v) is 2.41. The lowest BCUT2D eigenvalue weighted by atomic mass is 9.90. The Bertz CT molecular complexity index is 362. The van der Waals surface area contributed by atoms with Crippen molar-refractivity contribution in [3.8, 4) is 5.75 Å². The molecule has 18 heavy (non-hydrogen) atoms. The van der Waals surface area contributed by atoms with Crippen molar-refractivity contribution in [3.63, 3.8) is 0 Å². The van der Waals surface area contributed by atoms with Crippen LogP contribution in [0.3, 0.4) is 0 Å². The van der Waals surface area contributed by atoms with Gasteiger partial charge in [-0.3, -0.25) is 0 Å². The molecule has 0 amide bonds. The molecule has 0 heterocycles. The fourth-order valence-electron chi connectivity index (χ4n) is 2.41. The molecule has 0 saturated heterocycles. The average Bonchev–Trinajstić information content (AvgIpc) is 2.43. The van der Waals surface area contributed by atoms with Gasteiger partial charge in [-0.05, 0) is 37.1 Å². The highest BCUT2D eigenvalue weighted by atomic mass is 16.5. The van der Waals surface area contributed by atoms with Crippen molar-refractivity contribution in [1.29, 1.82) is 0 Å². The van der Waals surface area contributed by atoms with Gasteiger partial charge in [-0.2, -0.15) is 0 Å². The number of methoxy groups -OCH3 is 1. The molecule has 3 heteroatoms. The van der Waals surface area contributed by atoms with E-state index in [0.717, 1.165) is 18.6 Å². The first-order valence-electron chi connectivity index (χ1n) is 6.66. The molecule has 0 aliphatic rings.